The number of para-hydroxylation sites is 2. The smallest absolute Gasteiger partial charge is 0.418 e. The van der Waals surface area contributed by atoms with Gasteiger partial charge in [-0.2, -0.15) is 13.2 Å². The molecule has 0 atom stereocenters. The van der Waals surface area contributed by atoms with Crippen LogP contribution in [0.15, 0.2) is 66.3 Å². The highest BCUT2D eigenvalue weighted by atomic mass is 32.2. The lowest BCUT2D eigenvalue weighted by Crippen LogP contribution is -2.18. The molecule has 3 rings (SSSR count). The van der Waals surface area contributed by atoms with E-state index >= 15 is 0 Å². The van der Waals surface area contributed by atoms with Crippen LogP contribution in [-0.4, -0.2) is 33.0 Å². The number of hydrogen-bond acceptors (Lipinski definition) is 5. The zero-order chi connectivity index (χ0) is 23.1. The summed E-state index contributed by atoms with van der Waals surface area (Å²) in [5.74, 6) is 0.454. The lowest BCUT2D eigenvalue weighted by molar-refractivity contribution is -0.137. The van der Waals surface area contributed by atoms with E-state index in [0.717, 1.165) is 23.4 Å². The molecule has 168 valence electrons. The van der Waals surface area contributed by atoms with E-state index in [1.54, 1.807) is 10.6 Å². The van der Waals surface area contributed by atoms with E-state index in [9.17, 15) is 18.0 Å². The second-order valence-corrected chi connectivity index (χ2v) is 7.46. The van der Waals surface area contributed by atoms with Crippen LogP contribution >= 0.6 is 11.8 Å². The van der Waals surface area contributed by atoms with E-state index in [1.807, 2.05) is 31.2 Å². The summed E-state index contributed by atoms with van der Waals surface area (Å²) in [5.41, 5.74) is -0.452. The summed E-state index contributed by atoms with van der Waals surface area (Å²) in [5, 5.41) is 11.2. The molecule has 0 aliphatic rings. The number of rotatable bonds is 9. The zero-order valence-corrected chi connectivity index (χ0v) is 18.0. The Bertz CT molecular complexity index is 1100. The zero-order valence-electron chi connectivity index (χ0n) is 17.2. The van der Waals surface area contributed by atoms with Crippen LogP contribution in [0.2, 0.25) is 0 Å². The van der Waals surface area contributed by atoms with Crippen LogP contribution in [0.3, 0.4) is 0 Å². The number of carbonyl (C=O) groups is 1. The van der Waals surface area contributed by atoms with Gasteiger partial charge in [0.1, 0.15) is 5.75 Å². The predicted octanol–water partition coefficient (Wildman–Crippen LogP) is 5.28. The number of ether oxygens (including phenoxy) is 1. The second kappa shape index (κ2) is 10.4. The lowest BCUT2D eigenvalue weighted by Gasteiger charge is -2.13. The number of aromatic nitrogens is 3. The topological polar surface area (TPSA) is 69.0 Å². The standard InChI is InChI=1S/C22H21F3N4O2S/c1-3-13-29-20(15-9-5-8-12-18(15)31-4-2)27-28-21(29)32-14-19(30)26-17-11-7-6-10-16(17)22(23,24)25/h3,5-12H,1,4,13-14H2,2H3,(H,26,30). The number of anilines is 1. The number of nitrogens with one attached hydrogen (secondary N) is 1. The number of benzene rings is 2. The maximum atomic E-state index is 13.1. The average molecular weight is 462 g/mol. The van der Waals surface area contributed by atoms with Gasteiger partial charge < -0.3 is 10.1 Å². The SMILES string of the molecule is C=CCn1c(SCC(=O)Nc2ccccc2C(F)(F)F)nnc1-c1ccccc1OCC. The first-order valence-corrected chi connectivity index (χ1v) is 10.7. The van der Waals surface area contributed by atoms with E-state index in [-0.39, 0.29) is 11.4 Å². The van der Waals surface area contributed by atoms with Gasteiger partial charge in [-0.05, 0) is 31.2 Å². The minimum absolute atomic E-state index is 0.144. The van der Waals surface area contributed by atoms with Crippen LogP contribution in [0.1, 0.15) is 12.5 Å². The molecule has 0 saturated heterocycles. The van der Waals surface area contributed by atoms with Crippen molar-refractivity contribution in [2.24, 2.45) is 0 Å². The Morgan fingerprint density at radius 1 is 1.19 bits per heavy atom. The molecule has 6 nitrogen and oxygen atoms in total. The minimum Gasteiger partial charge on any atom is -0.493 e. The number of allylic oxidation sites excluding steroid dienone is 1. The van der Waals surface area contributed by atoms with Gasteiger partial charge >= 0.3 is 6.18 Å². The third-order valence-electron chi connectivity index (χ3n) is 4.30. The minimum atomic E-state index is -4.57. The number of halogens is 3. The molecule has 10 heteroatoms. The summed E-state index contributed by atoms with van der Waals surface area (Å²) < 4.78 is 46.9. The van der Waals surface area contributed by atoms with Crippen LogP contribution in [0.5, 0.6) is 5.75 Å². The fourth-order valence-corrected chi connectivity index (χ4v) is 3.72. The Balaban J connectivity index is 1.78. The van der Waals surface area contributed by atoms with Crippen LogP contribution < -0.4 is 10.1 Å². The van der Waals surface area contributed by atoms with Crippen LogP contribution in [0.4, 0.5) is 18.9 Å². The van der Waals surface area contributed by atoms with Gasteiger partial charge in [0.2, 0.25) is 5.91 Å². The van der Waals surface area contributed by atoms with Crippen molar-refractivity contribution in [3.8, 4) is 17.1 Å². The third kappa shape index (κ3) is 5.50. The molecule has 0 fully saturated rings. The molecule has 0 bridgehead atoms. The Morgan fingerprint density at radius 3 is 2.62 bits per heavy atom. The molecular formula is C22H21F3N4O2S. The second-order valence-electron chi connectivity index (χ2n) is 6.51. The van der Waals surface area contributed by atoms with Crippen molar-refractivity contribution in [3.63, 3.8) is 0 Å². The van der Waals surface area contributed by atoms with Crippen molar-refractivity contribution in [2.75, 3.05) is 17.7 Å². The fraction of sp³-hybridized carbons (Fsp3) is 0.227. The highest BCUT2D eigenvalue weighted by molar-refractivity contribution is 7.99. The van der Waals surface area contributed by atoms with Gasteiger partial charge in [0.15, 0.2) is 11.0 Å². The van der Waals surface area contributed by atoms with Gasteiger partial charge in [0.25, 0.3) is 0 Å². The molecule has 0 aliphatic heterocycles. The highest BCUT2D eigenvalue weighted by Crippen LogP contribution is 2.35. The van der Waals surface area contributed by atoms with Crippen molar-refractivity contribution >= 4 is 23.4 Å². The number of alkyl halides is 3. The van der Waals surface area contributed by atoms with Gasteiger partial charge in [-0.3, -0.25) is 9.36 Å². The van der Waals surface area contributed by atoms with Crippen molar-refractivity contribution < 1.29 is 22.7 Å². The number of carbonyl (C=O) groups excluding carboxylic acids is 1. The van der Waals surface area contributed by atoms with Gasteiger partial charge in [0, 0.05) is 6.54 Å². The molecule has 1 heterocycles. The summed E-state index contributed by atoms with van der Waals surface area (Å²) in [6, 6.07) is 12.2. The van der Waals surface area contributed by atoms with E-state index in [4.69, 9.17) is 4.74 Å². The van der Waals surface area contributed by atoms with Crippen molar-refractivity contribution in [2.45, 2.75) is 24.8 Å². The summed E-state index contributed by atoms with van der Waals surface area (Å²) in [6.07, 6.45) is -2.90. The summed E-state index contributed by atoms with van der Waals surface area (Å²) in [6.45, 7) is 6.49. The lowest BCUT2D eigenvalue weighted by atomic mass is 10.1. The number of nitrogens with zero attached hydrogens (tertiary/aromatic N) is 3. The first kappa shape index (κ1) is 23.4. The van der Waals surface area contributed by atoms with Gasteiger partial charge in [-0.1, -0.05) is 42.1 Å². The molecule has 1 aromatic heterocycles. The average Bonchev–Trinajstić information content (AvgIpc) is 3.15. The molecule has 32 heavy (non-hydrogen) atoms. The molecule has 1 N–H and O–H groups in total. The first-order valence-electron chi connectivity index (χ1n) is 9.70. The quantitative estimate of drug-likeness (QED) is 0.346. The van der Waals surface area contributed by atoms with Gasteiger partial charge in [-0.25, -0.2) is 0 Å². The number of hydrogen-bond donors (Lipinski definition) is 1. The highest BCUT2D eigenvalue weighted by Gasteiger charge is 2.33. The monoisotopic (exact) mass is 462 g/mol. The first-order chi connectivity index (χ1) is 15.3. The maximum absolute atomic E-state index is 13.1. The van der Waals surface area contributed by atoms with Crippen molar-refractivity contribution in [1.82, 2.24) is 14.8 Å². The van der Waals surface area contributed by atoms with E-state index in [1.165, 1.54) is 18.2 Å². The van der Waals surface area contributed by atoms with E-state index in [2.05, 4.69) is 22.1 Å². The Kier molecular flexibility index (Phi) is 7.57. The van der Waals surface area contributed by atoms with Crippen LogP contribution in [0, 0.1) is 0 Å². The molecule has 0 unspecified atom stereocenters. The van der Waals surface area contributed by atoms with Crippen molar-refractivity contribution in [1.29, 1.82) is 0 Å². The summed E-state index contributed by atoms with van der Waals surface area (Å²) >= 11 is 1.07. The largest absolute Gasteiger partial charge is 0.493 e. The maximum Gasteiger partial charge on any atom is 0.418 e. The van der Waals surface area contributed by atoms with Gasteiger partial charge in [0.05, 0.1) is 29.2 Å². The normalized spacial score (nSPS) is 11.2. The number of thioether (sulfide) groups is 1. The van der Waals surface area contributed by atoms with Gasteiger partial charge in [-0.15, -0.1) is 16.8 Å². The molecule has 0 aliphatic carbocycles. The van der Waals surface area contributed by atoms with E-state index < -0.39 is 17.6 Å². The van der Waals surface area contributed by atoms with Crippen LogP contribution in [-0.2, 0) is 17.5 Å². The Hall–Kier alpha value is -3.27. The summed E-state index contributed by atoms with van der Waals surface area (Å²) in [4.78, 5) is 12.4. The molecule has 2 aromatic carbocycles. The predicted molar refractivity (Wildman–Crippen MR) is 118 cm³/mol. The molecule has 0 radical (unpaired) electrons. The van der Waals surface area contributed by atoms with Crippen LogP contribution in [0.25, 0.3) is 11.4 Å². The Labute approximate surface area is 187 Å². The Morgan fingerprint density at radius 2 is 1.91 bits per heavy atom. The molecule has 0 spiro atoms. The third-order valence-corrected chi connectivity index (χ3v) is 5.26. The van der Waals surface area contributed by atoms with E-state index in [0.29, 0.717) is 29.9 Å². The molecule has 0 saturated carbocycles. The molecule has 1 amide bonds. The fourth-order valence-electron chi connectivity index (χ4n) is 2.98. The molecular weight excluding hydrogens is 441 g/mol. The molecule has 3 aromatic rings. The summed E-state index contributed by atoms with van der Waals surface area (Å²) in [7, 11) is 0. The van der Waals surface area contributed by atoms with Crippen molar-refractivity contribution in [3.05, 3.63) is 66.7 Å². The number of amides is 1.